The van der Waals surface area contributed by atoms with Gasteiger partial charge in [-0.05, 0) is 111 Å². The molecule has 0 aliphatic carbocycles. The van der Waals surface area contributed by atoms with Gasteiger partial charge in [-0.15, -0.1) is 11.3 Å². The molecule has 0 fully saturated rings. The highest BCUT2D eigenvalue weighted by atomic mass is 32.1. The second kappa shape index (κ2) is 29.8. The van der Waals surface area contributed by atoms with E-state index in [4.69, 9.17) is 45.6 Å². The number of aliphatic hydroxyl groups is 1. The highest BCUT2D eigenvalue weighted by Crippen LogP contribution is 2.33. The van der Waals surface area contributed by atoms with Gasteiger partial charge in [-0.25, -0.2) is 19.4 Å². The molecule has 0 bridgehead atoms. The number of Topliss-reactive ketones (excluding diaryl/α,β-unsaturated/α-hetero) is 1. The van der Waals surface area contributed by atoms with E-state index in [1.807, 2.05) is 167 Å². The molecule has 462 valence electrons. The molecule has 13 rings (SSSR count). The summed E-state index contributed by atoms with van der Waals surface area (Å²) in [6.45, 7) is 12.2. The van der Waals surface area contributed by atoms with Gasteiger partial charge in [0.05, 0.1) is 61.2 Å². The number of aromatic carboxylic acids is 1. The molecule has 0 amide bonds. The Labute approximate surface area is 536 Å². The number of aliphatic carboxylic acids is 1. The van der Waals surface area contributed by atoms with Crippen LogP contribution in [-0.2, 0) is 30.7 Å². The van der Waals surface area contributed by atoms with E-state index in [2.05, 4.69) is 41.8 Å². The number of thiazole rings is 1. The zero-order valence-electron chi connectivity index (χ0n) is 49.6. The van der Waals surface area contributed by atoms with E-state index in [-0.39, 0.29) is 42.8 Å². The van der Waals surface area contributed by atoms with Crippen molar-refractivity contribution < 1.29 is 29.7 Å². The van der Waals surface area contributed by atoms with Gasteiger partial charge in [-0.3, -0.25) is 32.9 Å². The summed E-state index contributed by atoms with van der Waals surface area (Å²) >= 11 is 10.6. The number of aryl methyl sites for hydroxylation is 3. The third-order valence-corrected chi connectivity index (χ3v) is 15.3. The molecule has 0 saturated carbocycles. The van der Waals surface area contributed by atoms with Crippen molar-refractivity contribution in [2.75, 3.05) is 6.61 Å². The molecule has 22 heteroatoms. The molecule has 6 aromatic carbocycles. The van der Waals surface area contributed by atoms with Crippen LogP contribution in [0.1, 0.15) is 50.7 Å². The molecule has 0 unspecified atom stereocenters. The molecule has 0 spiro atoms. The third-order valence-electron chi connectivity index (χ3n) is 14.2. The van der Waals surface area contributed by atoms with E-state index < -0.39 is 17.7 Å². The predicted octanol–water partition coefficient (Wildman–Crippen LogP) is 12.4. The zero-order chi connectivity index (χ0) is 65.1. The van der Waals surface area contributed by atoms with Crippen molar-refractivity contribution >= 4 is 135 Å². The summed E-state index contributed by atoms with van der Waals surface area (Å²) < 4.78 is 11.4. The number of para-hydroxylation sites is 3. The van der Waals surface area contributed by atoms with Crippen LogP contribution in [0.3, 0.4) is 0 Å². The monoisotopic (exact) mass is 1270 g/mol. The number of fused-ring (bicyclic) bond motifs is 9. The Hall–Kier alpha value is -11.0. The molecular weight excluding hydrogens is 1210 g/mol. The van der Waals surface area contributed by atoms with E-state index >= 15 is 0 Å². The van der Waals surface area contributed by atoms with Crippen LogP contribution in [-0.4, -0.2) is 82.0 Å². The number of rotatable bonds is 8. The Morgan fingerprint density at radius 2 is 0.890 bits per heavy atom. The van der Waals surface area contributed by atoms with Gasteiger partial charge in [-0.1, -0.05) is 106 Å². The fourth-order valence-electron chi connectivity index (χ4n) is 10.1. The van der Waals surface area contributed by atoms with Crippen molar-refractivity contribution in [3.63, 3.8) is 0 Å². The average molecular weight is 1270 g/mol. The minimum atomic E-state index is -1.34. The van der Waals surface area contributed by atoms with E-state index in [1.165, 1.54) is 23.6 Å². The molecule has 0 atom stereocenters. The molecule has 0 saturated heterocycles. The smallest absolute Gasteiger partial charge is 0.372 e. The predicted molar refractivity (Wildman–Crippen MR) is 373 cm³/mol. The number of hydrogen-bond donors (Lipinski definition) is 5. The van der Waals surface area contributed by atoms with Gasteiger partial charge < -0.3 is 40.5 Å². The number of aromatic nitrogens is 7. The lowest BCUT2D eigenvalue weighted by molar-refractivity contribution is -0.148. The first-order valence-corrected chi connectivity index (χ1v) is 29.4. The quantitative estimate of drug-likeness (QED) is 0.0538. The first kappa shape index (κ1) is 67.5. The highest BCUT2D eigenvalue weighted by molar-refractivity contribution is 7.80. The SMILES string of the molecule is C.CC(N)=S.CCC(=O)C(=O)O.CCO.Cn1c2ccccc2c2c1ccc(=O)n2-c1ccc(-c2nc(C(=O)O)cs2)cc1.Cn1c2ccccc2c2c1ccc(=O)n2-c1ccc(C(N)=S)cc1.[C-]#[N+]c1ccc(-n2c(=O)ccc3c2c2ccccc2n3C)cc1. The van der Waals surface area contributed by atoms with Crippen LogP contribution in [0.4, 0.5) is 5.69 Å². The number of benzene rings is 6. The summed E-state index contributed by atoms with van der Waals surface area (Å²) in [4.78, 5) is 76.9. The molecule has 0 radical (unpaired) electrons. The lowest BCUT2D eigenvalue weighted by atomic mass is 10.2. The fraction of sp³-hybridized carbons (Fsp3) is 0.130. The van der Waals surface area contributed by atoms with Crippen LogP contribution in [0.5, 0.6) is 0 Å². The fourth-order valence-corrected chi connectivity index (χ4v) is 11.0. The Balaban J connectivity index is 0.000000175. The molecule has 7 N–H and O–H groups in total. The molecule has 7 aromatic heterocycles. The van der Waals surface area contributed by atoms with Crippen molar-refractivity contribution in [1.29, 1.82) is 0 Å². The first-order chi connectivity index (χ1) is 43.1. The average Bonchev–Trinajstić information content (AvgIpc) is 1.64. The standard InChI is InChI=1S/C22H15N3O3S.C19H15N3OS.C19H13N3O.C4H6O3.C2H5NS.C2H6O.CH4/c1-24-17-5-3-2-4-15(17)20-18(24)10-11-19(26)25(20)14-8-6-13(7-9-14)21-23-16(12-29-21)22(27)28;1-21-15-5-3-2-4-14(15)18-16(21)10-11-17(23)22(18)13-8-6-12(7-9-13)19(20)24;1-20-13-7-9-14(10-8-13)22-18(23)12-11-17-19(22)15-5-3-4-6-16(15)21(17)2;1-2-3(5)4(6)7;1-2(3)4;1-2-3;/h2-12H,1H3,(H,27,28);2-11H,1H3,(H2,20,24);3-12H,2H3;2H2,1H3,(H,6,7);1H3,(H2,3,4);3H,2H2,1H3;1H4. The number of thiocarbonyl (C=S) groups is 2. The number of ketones is 1. The van der Waals surface area contributed by atoms with E-state index in [0.717, 1.165) is 94.0 Å². The van der Waals surface area contributed by atoms with E-state index in [9.17, 15) is 28.8 Å². The van der Waals surface area contributed by atoms with E-state index in [1.54, 1.807) is 57.9 Å². The minimum Gasteiger partial charge on any atom is -0.476 e. The maximum atomic E-state index is 12.8. The normalized spacial score (nSPS) is 10.4. The molecular formula is C69H64N10O9S3. The van der Waals surface area contributed by atoms with Crippen LogP contribution in [0.2, 0.25) is 0 Å². The van der Waals surface area contributed by atoms with Crippen molar-refractivity contribution in [1.82, 2.24) is 32.4 Å². The van der Waals surface area contributed by atoms with Gasteiger partial charge in [0.15, 0.2) is 11.4 Å². The maximum Gasteiger partial charge on any atom is 0.372 e. The Bertz CT molecular complexity index is 5100. The van der Waals surface area contributed by atoms with Crippen molar-refractivity contribution in [2.24, 2.45) is 32.6 Å². The number of carbonyl (C=O) groups is 3. The van der Waals surface area contributed by atoms with Crippen LogP contribution in [0.15, 0.2) is 202 Å². The number of nitrogens with two attached hydrogens (primary N) is 2. The summed E-state index contributed by atoms with van der Waals surface area (Å²) in [6.07, 6.45) is 0.0787. The number of aliphatic hydroxyl groups excluding tert-OH is 1. The number of carbonyl (C=O) groups excluding carboxylic acids is 1. The Morgan fingerprint density at radius 3 is 1.19 bits per heavy atom. The lowest BCUT2D eigenvalue weighted by Crippen LogP contribution is -2.17. The summed E-state index contributed by atoms with van der Waals surface area (Å²) in [7, 11) is 6.00. The van der Waals surface area contributed by atoms with Crippen LogP contribution >= 0.6 is 35.8 Å². The highest BCUT2D eigenvalue weighted by Gasteiger charge is 2.18. The number of hydrogen-bond acceptors (Lipinski definition) is 11. The van der Waals surface area contributed by atoms with Gasteiger partial charge in [0.25, 0.3) is 16.7 Å². The summed E-state index contributed by atoms with van der Waals surface area (Å²) in [5.41, 5.74) is 23.6. The Morgan fingerprint density at radius 1 is 0.549 bits per heavy atom. The lowest BCUT2D eigenvalue weighted by Gasteiger charge is -2.09. The molecule has 7 heterocycles. The number of carboxylic acids is 2. The van der Waals surface area contributed by atoms with Crippen LogP contribution < -0.4 is 28.1 Å². The second-order valence-corrected chi connectivity index (χ2v) is 21.8. The molecule has 19 nitrogen and oxygen atoms in total. The summed E-state index contributed by atoms with van der Waals surface area (Å²) in [5, 5.41) is 29.7. The topological polar surface area (TPSA) is 262 Å². The molecule has 91 heavy (non-hydrogen) atoms. The molecule has 0 aliphatic rings. The van der Waals surface area contributed by atoms with Gasteiger partial charge in [0.2, 0.25) is 5.78 Å². The summed E-state index contributed by atoms with van der Waals surface area (Å²) in [5.74, 6) is -3.12. The van der Waals surface area contributed by atoms with Crippen molar-refractivity contribution in [3.05, 3.63) is 241 Å². The number of nitrogens with zero attached hydrogens (tertiary/aromatic N) is 8. The van der Waals surface area contributed by atoms with E-state index in [0.29, 0.717) is 20.7 Å². The van der Waals surface area contributed by atoms with Gasteiger partial charge >= 0.3 is 11.9 Å². The third kappa shape index (κ3) is 14.5. The van der Waals surface area contributed by atoms with Crippen molar-refractivity contribution in [2.45, 2.75) is 34.6 Å². The van der Waals surface area contributed by atoms with Gasteiger partial charge in [0, 0.05) is 102 Å². The molecule has 0 aliphatic heterocycles. The van der Waals surface area contributed by atoms with Crippen LogP contribution in [0.25, 0.3) is 98.3 Å². The minimum absolute atomic E-state index is 0. The Kier molecular flexibility index (Phi) is 22.1. The number of carboxylic acid groups (broad SMARTS) is 2. The number of pyridine rings is 3. The first-order valence-electron chi connectivity index (χ1n) is 27.7. The summed E-state index contributed by atoms with van der Waals surface area (Å²) in [6, 6.07) is 56.5. The van der Waals surface area contributed by atoms with Gasteiger partial charge in [0.1, 0.15) is 10.00 Å². The second-order valence-electron chi connectivity index (χ2n) is 19.9. The zero-order valence-corrected chi connectivity index (χ0v) is 52.0. The maximum absolute atomic E-state index is 12.8. The van der Waals surface area contributed by atoms with Crippen LogP contribution in [0, 0.1) is 6.57 Å². The van der Waals surface area contributed by atoms with Crippen molar-refractivity contribution in [3.8, 4) is 27.6 Å². The van der Waals surface area contributed by atoms with Gasteiger partial charge in [-0.2, -0.15) is 0 Å². The largest absolute Gasteiger partial charge is 0.476 e. The molecule has 13 aromatic rings.